The van der Waals surface area contributed by atoms with Crippen molar-refractivity contribution in [3.63, 3.8) is 0 Å². The molecule has 8 heteroatoms. The van der Waals surface area contributed by atoms with E-state index in [0.29, 0.717) is 16.8 Å². The minimum Gasteiger partial charge on any atom is -1.00 e. The van der Waals surface area contributed by atoms with Crippen LogP contribution in [0.1, 0.15) is 15.0 Å². The van der Waals surface area contributed by atoms with Crippen molar-refractivity contribution in [1.29, 1.82) is 0 Å². The second-order valence-electron chi connectivity index (χ2n) is 2.02. The fraction of sp³-hybridized carbons (Fsp3) is 0.400. The van der Waals surface area contributed by atoms with Gasteiger partial charge in [0.05, 0.1) is 12.1 Å². The summed E-state index contributed by atoms with van der Waals surface area (Å²) in [4.78, 5) is 10.1. The van der Waals surface area contributed by atoms with Gasteiger partial charge in [0.15, 0.2) is 0 Å². The molecule has 0 atom stereocenters. The summed E-state index contributed by atoms with van der Waals surface area (Å²) in [5, 5.41) is 17.1. The van der Waals surface area contributed by atoms with E-state index in [1.54, 1.807) is 0 Å². The number of carboxylic acid groups (broad SMARTS) is 1. The SMILES string of the molecule is O=C(O)CCc1n[nH][nH]c1=S.[H-].[H-].[Na+].[Na+]. The first-order valence-electron chi connectivity index (χ1n) is 3.04. The van der Waals surface area contributed by atoms with E-state index in [4.69, 9.17) is 17.3 Å². The van der Waals surface area contributed by atoms with Gasteiger partial charge in [-0.25, -0.2) is 5.21 Å². The first-order chi connectivity index (χ1) is 5.20. The van der Waals surface area contributed by atoms with Gasteiger partial charge in [0.2, 0.25) is 0 Å². The van der Waals surface area contributed by atoms with Crippen molar-refractivity contribution in [2.24, 2.45) is 0 Å². The van der Waals surface area contributed by atoms with Crippen molar-refractivity contribution in [2.45, 2.75) is 12.8 Å². The molecule has 0 aliphatic carbocycles. The second-order valence-corrected chi connectivity index (χ2v) is 2.43. The molecule has 0 unspecified atom stereocenters. The number of aromatic amines is 2. The molecule has 0 radical (unpaired) electrons. The zero-order valence-electron chi connectivity index (χ0n) is 9.63. The largest absolute Gasteiger partial charge is 1.00 e. The van der Waals surface area contributed by atoms with E-state index >= 15 is 0 Å². The number of aromatic nitrogens is 3. The molecule has 0 aromatic carbocycles. The van der Waals surface area contributed by atoms with Gasteiger partial charge in [-0.15, -0.1) is 0 Å². The molecule has 1 rings (SSSR count). The van der Waals surface area contributed by atoms with Crippen molar-refractivity contribution < 1.29 is 71.9 Å². The number of aliphatic carboxylic acids is 1. The number of aryl methyl sites for hydroxylation is 1. The maximum absolute atomic E-state index is 10.1. The van der Waals surface area contributed by atoms with Gasteiger partial charge < -0.3 is 7.96 Å². The number of hydrogen-bond donors (Lipinski definition) is 3. The van der Waals surface area contributed by atoms with Crippen LogP contribution in [0.3, 0.4) is 0 Å². The van der Waals surface area contributed by atoms with Crippen LogP contribution in [-0.4, -0.2) is 26.5 Å². The van der Waals surface area contributed by atoms with E-state index < -0.39 is 5.97 Å². The van der Waals surface area contributed by atoms with Crippen molar-refractivity contribution >= 4 is 18.2 Å². The van der Waals surface area contributed by atoms with Crippen LogP contribution >= 0.6 is 12.2 Å². The third-order valence-electron chi connectivity index (χ3n) is 1.20. The Balaban J connectivity index is -0.000000151. The first-order valence-corrected chi connectivity index (χ1v) is 3.44. The van der Waals surface area contributed by atoms with E-state index in [-0.39, 0.29) is 68.4 Å². The average molecular weight is 221 g/mol. The number of carbonyl (C=O) groups is 1. The molecule has 0 spiro atoms. The first kappa shape index (κ1) is 16.3. The van der Waals surface area contributed by atoms with Crippen LogP contribution in [0.25, 0.3) is 0 Å². The summed E-state index contributed by atoms with van der Waals surface area (Å²) in [7, 11) is 0. The smallest absolute Gasteiger partial charge is 1.00 e. The molecule has 0 saturated carbocycles. The molecule has 3 N–H and O–H groups in total. The van der Waals surface area contributed by atoms with E-state index in [9.17, 15) is 4.79 Å². The Morgan fingerprint density at radius 3 is 2.62 bits per heavy atom. The normalized spacial score (nSPS) is 8.31. The number of nitrogens with one attached hydrogen (secondary N) is 2. The summed E-state index contributed by atoms with van der Waals surface area (Å²) in [5.74, 6) is -0.845. The molecular weight excluding hydrogens is 212 g/mol. The fourth-order valence-corrected chi connectivity index (χ4v) is 0.857. The summed E-state index contributed by atoms with van der Waals surface area (Å²) in [5.41, 5.74) is 0.599. The van der Waals surface area contributed by atoms with Crippen LogP contribution in [0.5, 0.6) is 0 Å². The van der Waals surface area contributed by atoms with Gasteiger partial charge in [-0.2, -0.15) is 5.10 Å². The second kappa shape index (κ2) is 8.16. The van der Waals surface area contributed by atoms with Crippen LogP contribution < -0.4 is 59.1 Å². The Labute approximate surface area is 127 Å². The van der Waals surface area contributed by atoms with Gasteiger partial charge in [-0.1, -0.05) is 12.2 Å². The molecule has 0 aliphatic heterocycles. The Kier molecular flexibility index (Phi) is 10.2. The van der Waals surface area contributed by atoms with Gasteiger partial charge >= 0.3 is 65.1 Å². The molecule has 1 heterocycles. The van der Waals surface area contributed by atoms with Gasteiger partial charge in [0.1, 0.15) is 4.64 Å². The zero-order chi connectivity index (χ0) is 8.27. The predicted octanol–water partition coefficient (Wildman–Crippen LogP) is -5.28. The summed E-state index contributed by atoms with van der Waals surface area (Å²) >= 11 is 4.80. The quantitative estimate of drug-likeness (QED) is 0.352. The van der Waals surface area contributed by atoms with E-state index in [1.165, 1.54) is 0 Å². The van der Waals surface area contributed by atoms with E-state index in [0.717, 1.165) is 0 Å². The number of nitrogens with zero attached hydrogens (tertiary/aromatic N) is 1. The molecule has 64 valence electrons. The number of hydrogen-bond acceptors (Lipinski definition) is 3. The Hall–Kier alpha value is 0.830. The predicted molar refractivity (Wildman–Crippen MR) is 42.0 cm³/mol. The van der Waals surface area contributed by atoms with Gasteiger partial charge in [-0.05, 0) is 0 Å². The third kappa shape index (κ3) is 6.01. The summed E-state index contributed by atoms with van der Waals surface area (Å²) in [6.45, 7) is 0. The van der Waals surface area contributed by atoms with E-state index in [1.807, 2.05) is 0 Å². The van der Waals surface area contributed by atoms with Crippen LogP contribution in [0.15, 0.2) is 0 Å². The van der Waals surface area contributed by atoms with Gasteiger partial charge in [0, 0.05) is 6.42 Å². The molecular formula is C5H9N3Na2O2S. The molecule has 0 amide bonds. The third-order valence-corrected chi connectivity index (χ3v) is 1.54. The van der Waals surface area contributed by atoms with Crippen LogP contribution in [0.2, 0.25) is 0 Å². The Morgan fingerprint density at radius 1 is 1.62 bits per heavy atom. The van der Waals surface area contributed by atoms with Crippen LogP contribution in [-0.2, 0) is 11.2 Å². The minimum absolute atomic E-state index is 0. The molecule has 0 saturated heterocycles. The summed E-state index contributed by atoms with van der Waals surface area (Å²) in [6.07, 6.45) is 0.427. The standard InChI is InChI=1S/C5H7N3O2S.2Na.2H/c9-4(10)2-1-3-5(11)7-8-6-3;;;;/h1-2H2,(H,9,10)(H2,6,7,8,11);;;;/q;2*+1;2*-1. The van der Waals surface area contributed by atoms with Crippen molar-refractivity contribution in [2.75, 3.05) is 0 Å². The maximum Gasteiger partial charge on any atom is 1.00 e. The summed E-state index contributed by atoms with van der Waals surface area (Å²) in [6, 6.07) is 0. The number of H-pyrrole nitrogens is 2. The van der Waals surface area contributed by atoms with Crippen LogP contribution in [0.4, 0.5) is 0 Å². The molecule has 0 aliphatic rings. The minimum atomic E-state index is -0.845. The average Bonchev–Trinajstić information content (AvgIpc) is 2.31. The van der Waals surface area contributed by atoms with Crippen molar-refractivity contribution in [3.05, 3.63) is 10.3 Å². The topological polar surface area (TPSA) is 81.8 Å². The maximum atomic E-state index is 10.1. The molecule has 0 bridgehead atoms. The molecule has 1 aromatic rings. The van der Waals surface area contributed by atoms with E-state index in [2.05, 4.69) is 15.4 Å². The number of carboxylic acids is 1. The molecule has 5 nitrogen and oxygen atoms in total. The Morgan fingerprint density at radius 2 is 2.23 bits per heavy atom. The molecule has 1 aromatic heterocycles. The van der Waals surface area contributed by atoms with Crippen molar-refractivity contribution in [1.82, 2.24) is 15.4 Å². The monoisotopic (exact) mass is 221 g/mol. The molecule has 13 heavy (non-hydrogen) atoms. The fourth-order valence-electron chi connectivity index (χ4n) is 0.664. The van der Waals surface area contributed by atoms with Crippen LogP contribution in [0, 0.1) is 4.64 Å². The van der Waals surface area contributed by atoms with Crippen molar-refractivity contribution in [3.8, 4) is 0 Å². The number of rotatable bonds is 3. The zero-order valence-corrected chi connectivity index (χ0v) is 12.4. The summed E-state index contributed by atoms with van der Waals surface area (Å²) < 4.78 is 0.478. The van der Waals surface area contributed by atoms with Gasteiger partial charge in [0.25, 0.3) is 0 Å². The van der Waals surface area contributed by atoms with Gasteiger partial charge in [-0.3, -0.25) is 9.89 Å². The Bertz CT molecular complexity index is 319. The molecule has 0 fully saturated rings.